The lowest BCUT2D eigenvalue weighted by Crippen LogP contribution is -2.14. The summed E-state index contributed by atoms with van der Waals surface area (Å²) >= 11 is 0. The first-order chi connectivity index (χ1) is 8.25. The van der Waals surface area contributed by atoms with Crippen molar-refractivity contribution in [2.45, 2.75) is 33.0 Å². The van der Waals surface area contributed by atoms with E-state index in [-0.39, 0.29) is 0 Å². The van der Waals surface area contributed by atoms with Gasteiger partial charge < -0.3 is 9.47 Å². The van der Waals surface area contributed by atoms with Crippen LogP contribution in [-0.4, -0.2) is 19.3 Å². The molecule has 0 unspecified atom stereocenters. The van der Waals surface area contributed by atoms with E-state index >= 15 is 0 Å². The highest BCUT2D eigenvalue weighted by molar-refractivity contribution is 5.13. The molecule has 1 saturated heterocycles. The normalized spacial score (nSPS) is 24.4. The highest BCUT2D eigenvalue weighted by atomic mass is 16.5. The third-order valence-corrected chi connectivity index (χ3v) is 3.47. The number of hydrogen-bond donors (Lipinski definition) is 0. The first-order valence-electron chi connectivity index (χ1n) is 6.49. The van der Waals surface area contributed by atoms with E-state index in [1.807, 2.05) is 18.2 Å². The minimum absolute atomic E-state index is 0.297. The van der Waals surface area contributed by atoms with Crippen molar-refractivity contribution >= 4 is 0 Å². The van der Waals surface area contributed by atoms with Crippen molar-refractivity contribution in [2.24, 2.45) is 11.8 Å². The fourth-order valence-corrected chi connectivity index (χ4v) is 2.20. The maximum absolute atomic E-state index is 5.74. The zero-order valence-electron chi connectivity index (χ0n) is 10.8. The van der Waals surface area contributed by atoms with Crippen molar-refractivity contribution in [1.82, 2.24) is 0 Å². The summed E-state index contributed by atoms with van der Waals surface area (Å²) in [7, 11) is 0. The van der Waals surface area contributed by atoms with Gasteiger partial charge in [0.1, 0.15) is 0 Å². The van der Waals surface area contributed by atoms with Gasteiger partial charge in [-0.05, 0) is 23.8 Å². The van der Waals surface area contributed by atoms with Gasteiger partial charge in [0.15, 0.2) is 0 Å². The molecule has 1 aromatic carbocycles. The summed E-state index contributed by atoms with van der Waals surface area (Å²) in [5, 5.41) is 0. The van der Waals surface area contributed by atoms with Crippen LogP contribution in [0.15, 0.2) is 30.3 Å². The molecule has 94 valence electrons. The molecule has 0 N–H and O–H groups in total. The summed E-state index contributed by atoms with van der Waals surface area (Å²) in [5.41, 5.74) is 1.23. The molecule has 2 nitrogen and oxygen atoms in total. The second kappa shape index (κ2) is 6.18. The smallest absolute Gasteiger partial charge is 0.0812 e. The number of ether oxygens (including phenoxy) is 2. The molecule has 1 aliphatic rings. The van der Waals surface area contributed by atoms with Gasteiger partial charge in [-0.25, -0.2) is 0 Å². The molecule has 17 heavy (non-hydrogen) atoms. The van der Waals surface area contributed by atoms with Crippen LogP contribution in [0.25, 0.3) is 0 Å². The molecular weight excluding hydrogens is 212 g/mol. The van der Waals surface area contributed by atoms with Gasteiger partial charge in [0, 0.05) is 0 Å². The predicted octanol–water partition coefficient (Wildman–Crippen LogP) is 3.26. The van der Waals surface area contributed by atoms with Gasteiger partial charge in [0.25, 0.3) is 0 Å². The summed E-state index contributed by atoms with van der Waals surface area (Å²) in [6.07, 6.45) is 1.44. The molecule has 2 heteroatoms. The van der Waals surface area contributed by atoms with Crippen molar-refractivity contribution < 1.29 is 9.47 Å². The maximum Gasteiger partial charge on any atom is 0.0812 e. The maximum atomic E-state index is 5.74. The Labute approximate surface area is 104 Å². The SMILES string of the molecule is CC(C)[C@@H]1CO[C@@H](COCc2ccccc2)C1. The van der Waals surface area contributed by atoms with Crippen LogP contribution in [0.1, 0.15) is 25.8 Å². The lowest BCUT2D eigenvalue weighted by Gasteiger charge is -2.12. The minimum atomic E-state index is 0.297. The molecule has 0 amide bonds. The zero-order valence-corrected chi connectivity index (χ0v) is 10.8. The quantitative estimate of drug-likeness (QED) is 0.778. The van der Waals surface area contributed by atoms with Crippen LogP contribution in [0.4, 0.5) is 0 Å². The van der Waals surface area contributed by atoms with E-state index in [0.717, 1.165) is 19.6 Å². The fraction of sp³-hybridized carbons (Fsp3) is 0.600. The standard InChI is InChI=1S/C15H22O2/c1-12(2)14-8-15(17-10-14)11-16-9-13-6-4-3-5-7-13/h3-7,12,14-15H,8-11H2,1-2H3/t14-,15+/m0/s1. The number of benzene rings is 1. The van der Waals surface area contributed by atoms with Crippen molar-refractivity contribution in [3.8, 4) is 0 Å². The van der Waals surface area contributed by atoms with Crippen LogP contribution in [0.2, 0.25) is 0 Å². The predicted molar refractivity (Wildman–Crippen MR) is 68.8 cm³/mol. The molecule has 0 aliphatic carbocycles. The minimum Gasteiger partial charge on any atom is -0.376 e. The summed E-state index contributed by atoms with van der Waals surface area (Å²) in [6.45, 7) is 6.84. The Kier molecular flexibility index (Phi) is 4.57. The molecule has 2 rings (SSSR count). The Morgan fingerprint density at radius 3 is 2.71 bits per heavy atom. The van der Waals surface area contributed by atoms with Gasteiger partial charge in [-0.15, -0.1) is 0 Å². The van der Waals surface area contributed by atoms with E-state index in [2.05, 4.69) is 26.0 Å². The molecule has 0 bridgehead atoms. The van der Waals surface area contributed by atoms with Crippen LogP contribution in [0.5, 0.6) is 0 Å². The van der Waals surface area contributed by atoms with Crippen LogP contribution in [-0.2, 0) is 16.1 Å². The van der Waals surface area contributed by atoms with E-state index in [4.69, 9.17) is 9.47 Å². The number of hydrogen-bond acceptors (Lipinski definition) is 2. The first kappa shape index (κ1) is 12.6. The van der Waals surface area contributed by atoms with Crippen molar-refractivity contribution in [3.05, 3.63) is 35.9 Å². The molecule has 1 heterocycles. The third-order valence-electron chi connectivity index (χ3n) is 3.47. The molecule has 1 aromatic rings. The van der Waals surface area contributed by atoms with Gasteiger partial charge >= 0.3 is 0 Å². The topological polar surface area (TPSA) is 18.5 Å². The van der Waals surface area contributed by atoms with Gasteiger partial charge in [-0.1, -0.05) is 44.2 Å². The fourth-order valence-electron chi connectivity index (χ4n) is 2.20. The Hall–Kier alpha value is -0.860. The Morgan fingerprint density at radius 2 is 2.06 bits per heavy atom. The Balaban J connectivity index is 1.67. The van der Waals surface area contributed by atoms with E-state index in [1.165, 1.54) is 5.56 Å². The second-order valence-electron chi connectivity index (χ2n) is 5.20. The Bertz CT molecular complexity index is 321. The zero-order chi connectivity index (χ0) is 12.1. The average molecular weight is 234 g/mol. The van der Waals surface area contributed by atoms with E-state index < -0.39 is 0 Å². The largest absolute Gasteiger partial charge is 0.376 e. The highest BCUT2D eigenvalue weighted by Gasteiger charge is 2.27. The summed E-state index contributed by atoms with van der Waals surface area (Å²) in [4.78, 5) is 0. The van der Waals surface area contributed by atoms with Crippen LogP contribution in [0, 0.1) is 11.8 Å². The van der Waals surface area contributed by atoms with Crippen LogP contribution >= 0.6 is 0 Å². The van der Waals surface area contributed by atoms with Gasteiger partial charge in [-0.2, -0.15) is 0 Å². The molecule has 0 saturated carbocycles. The lowest BCUT2D eigenvalue weighted by molar-refractivity contribution is 0.00967. The molecule has 0 radical (unpaired) electrons. The molecule has 0 spiro atoms. The summed E-state index contributed by atoms with van der Waals surface area (Å²) in [6, 6.07) is 10.3. The lowest BCUT2D eigenvalue weighted by atomic mass is 9.93. The first-order valence-corrected chi connectivity index (χ1v) is 6.49. The van der Waals surface area contributed by atoms with Crippen LogP contribution < -0.4 is 0 Å². The second-order valence-corrected chi connectivity index (χ2v) is 5.20. The van der Waals surface area contributed by atoms with Gasteiger partial charge in [0.05, 0.1) is 25.9 Å². The van der Waals surface area contributed by atoms with E-state index in [0.29, 0.717) is 24.5 Å². The monoisotopic (exact) mass is 234 g/mol. The van der Waals surface area contributed by atoms with Gasteiger partial charge in [0.2, 0.25) is 0 Å². The molecule has 2 atom stereocenters. The molecule has 1 aliphatic heterocycles. The van der Waals surface area contributed by atoms with E-state index in [1.54, 1.807) is 0 Å². The highest BCUT2D eigenvalue weighted by Crippen LogP contribution is 2.26. The Morgan fingerprint density at radius 1 is 1.29 bits per heavy atom. The van der Waals surface area contributed by atoms with Crippen LogP contribution in [0.3, 0.4) is 0 Å². The molecule has 1 fully saturated rings. The third kappa shape index (κ3) is 3.83. The molecule has 0 aromatic heterocycles. The van der Waals surface area contributed by atoms with E-state index in [9.17, 15) is 0 Å². The summed E-state index contributed by atoms with van der Waals surface area (Å²) in [5.74, 6) is 1.43. The summed E-state index contributed by atoms with van der Waals surface area (Å²) < 4.78 is 11.4. The van der Waals surface area contributed by atoms with Crippen molar-refractivity contribution in [1.29, 1.82) is 0 Å². The van der Waals surface area contributed by atoms with Crippen molar-refractivity contribution in [3.63, 3.8) is 0 Å². The van der Waals surface area contributed by atoms with Gasteiger partial charge in [-0.3, -0.25) is 0 Å². The average Bonchev–Trinajstić information content (AvgIpc) is 2.79. The number of rotatable bonds is 5. The van der Waals surface area contributed by atoms with Crippen molar-refractivity contribution in [2.75, 3.05) is 13.2 Å². The molecular formula is C15H22O2.